The van der Waals surface area contributed by atoms with Gasteiger partial charge in [0.2, 0.25) is 5.91 Å². The zero-order valence-corrected chi connectivity index (χ0v) is 13.2. The summed E-state index contributed by atoms with van der Waals surface area (Å²) in [6, 6.07) is 0. The monoisotopic (exact) mass is 321 g/mol. The molecule has 0 aliphatic rings. The van der Waals surface area contributed by atoms with E-state index < -0.39 is 0 Å². The fourth-order valence-corrected chi connectivity index (χ4v) is 1.31. The van der Waals surface area contributed by atoms with Gasteiger partial charge in [-0.1, -0.05) is 0 Å². The molecule has 0 aliphatic heterocycles. The van der Waals surface area contributed by atoms with Crippen LogP contribution in [0.25, 0.3) is 0 Å². The van der Waals surface area contributed by atoms with Crippen LogP contribution in [-0.4, -0.2) is 84.8 Å². The van der Waals surface area contributed by atoms with Crippen LogP contribution < -0.4 is 5.32 Å². The molecular formula is C14H27NO7. The summed E-state index contributed by atoms with van der Waals surface area (Å²) < 4.78 is 26.0. The number of ether oxygens (including phenoxy) is 5. The Bertz CT molecular complexity index is 264. The molecule has 8 nitrogen and oxygen atoms in total. The first kappa shape index (κ1) is 20.9. The molecule has 0 unspecified atom stereocenters. The van der Waals surface area contributed by atoms with Crippen molar-refractivity contribution in [3.05, 3.63) is 0 Å². The Kier molecular flexibility index (Phi) is 17.1. The maximum atomic E-state index is 10.6. The second-order valence-corrected chi connectivity index (χ2v) is 4.17. The van der Waals surface area contributed by atoms with Gasteiger partial charge in [-0.2, -0.15) is 0 Å². The third-order valence-electron chi connectivity index (χ3n) is 2.29. The lowest BCUT2D eigenvalue weighted by Crippen LogP contribution is -2.25. The van der Waals surface area contributed by atoms with Crippen LogP contribution in [0.3, 0.4) is 0 Å². The van der Waals surface area contributed by atoms with Crippen molar-refractivity contribution in [3.63, 3.8) is 0 Å². The fraction of sp³-hybridized carbons (Fsp3) is 0.857. The molecule has 0 saturated heterocycles. The van der Waals surface area contributed by atoms with Gasteiger partial charge in [0.15, 0.2) is 0 Å². The molecule has 0 aromatic heterocycles. The first-order valence-corrected chi connectivity index (χ1v) is 7.34. The van der Waals surface area contributed by atoms with Crippen molar-refractivity contribution < 1.29 is 33.3 Å². The number of nitrogens with one attached hydrogen (secondary N) is 1. The van der Waals surface area contributed by atoms with E-state index in [-0.39, 0.29) is 12.5 Å². The third-order valence-corrected chi connectivity index (χ3v) is 2.29. The van der Waals surface area contributed by atoms with Crippen LogP contribution in [0.5, 0.6) is 0 Å². The van der Waals surface area contributed by atoms with E-state index in [1.54, 1.807) is 0 Å². The first-order chi connectivity index (χ1) is 10.8. The van der Waals surface area contributed by atoms with Gasteiger partial charge in [-0.25, -0.2) is 0 Å². The molecule has 0 saturated carbocycles. The lowest BCUT2D eigenvalue weighted by atomic mass is 10.6. The molecule has 1 N–H and O–H groups in total. The summed E-state index contributed by atoms with van der Waals surface area (Å²) in [6.45, 7) is 6.37. The predicted molar refractivity (Wildman–Crippen MR) is 78.8 cm³/mol. The Morgan fingerprint density at radius 1 is 0.773 bits per heavy atom. The summed E-state index contributed by atoms with van der Waals surface area (Å²) in [5.41, 5.74) is 0. The van der Waals surface area contributed by atoms with Gasteiger partial charge in [0.05, 0.1) is 59.5 Å². The maximum Gasteiger partial charge on any atom is 0.216 e. The molecule has 22 heavy (non-hydrogen) atoms. The number of rotatable bonds is 17. The van der Waals surface area contributed by atoms with Gasteiger partial charge in [0.1, 0.15) is 12.9 Å². The zero-order valence-electron chi connectivity index (χ0n) is 13.2. The van der Waals surface area contributed by atoms with Gasteiger partial charge in [0.25, 0.3) is 0 Å². The highest BCUT2D eigenvalue weighted by atomic mass is 16.6. The normalized spacial score (nSPS) is 10.6. The number of hydrogen-bond donors (Lipinski definition) is 1. The zero-order chi connectivity index (χ0) is 16.3. The molecule has 0 aliphatic carbocycles. The summed E-state index contributed by atoms with van der Waals surface area (Å²) in [6.07, 6.45) is 0.706. The largest absolute Gasteiger partial charge is 0.377 e. The summed E-state index contributed by atoms with van der Waals surface area (Å²) >= 11 is 0. The lowest BCUT2D eigenvalue weighted by Gasteiger charge is -2.07. The van der Waals surface area contributed by atoms with E-state index in [0.29, 0.717) is 72.3 Å². The van der Waals surface area contributed by atoms with Gasteiger partial charge in [-0.3, -0.25) is 4.79 Å². The van der Waals surface area contributed by atoms with Crippen molar-refractivity contribution in [2.75, 3.05) is 72.6 Å². The topological polar surface area (TPSA) is 92.3 Å². The van der Waals surface area contributed by atoms with Gasteiger partial charge in [-0.05, 0) is 0 Å². The molecule has 0 fully saturated rings. The quantitative estimate of drug-likeness (QED) is 0.283. The van der Waals surface area contributed by atoms with Gasteiger partial charge in [0, 0.05) is 13.5 Å². The van der Waals surface area contributed by atoms with E-state index in [0.717, 1.165) is 0 Å². The Hall–Kier alpha value is -1.06. The van der Waals surface area contributed by atoms with Gasteiger partial charge in [-0.15, -0.1) is 0 Å². The molecule has 0 radical (unpaired) electrons. The fourth-order valence-electron chi connectivity index (χ4n) is 1.31. The van der Waals surface area contributed by atoms with Crippen molar-refractivity contribution in [2.24, 2.45) is 0 Å². The predicted octanol–water partition coefficient (Wildman–Crippen LogP) is -0.596. The second kappa shape index (κ2) is 18.0. The average Bonchev–Trinajstić information content (AvgIpc) is 2.50. The van der Waals surface area contributed by atoms with Crippen LogP contribution in [0.1, 0.15) is 6.92 Å². The average molecular weight is 321 g/mol. The Balaban J connectivity index is 2.97. The number of carbonyl (C=O) groups is 2. The summed E-state index contributed by atoms with van der Waals surface area (Å²) in [7, 11) is 0. The van der Waals surface area contributed by atoms with E-state index in [9.17, 15) is 9.59 Å². The second-order valence-electron chi connectivity index (χ2n) is 4.17. The van der Waals surface area contributed by atoms with Crippen LogP contribution in [0.15, 0.2) is 0 Å². The van der Waals surface area contributed by atoms with E-state index in [1.165, 1.54) is 6.92 Å². The lowest BCUT2D eigenvalue weighted by molar-refractivity contribution is -0.119. The van der Waals surface area contributed by atoms with Crippen molar-refractivity contribution >= 4 is 12.2 Å². The molecule has 0 rings (SSSR count). The SMILES string of the molecule is CC(=O)NCCOCCOCCOCCOCCOCC=O. The molecular weight excluding hydrogens is 294 g/mol. The van der Waals surface area contributed by atoms with Crippen LogP contribution in [0, 0.1) is 0 Å². The number of hydrogen-bond acceptors (Lipinski definition) is 7. The van der Waals surface area contributed by atoms with Crippen LogP contribution in [0.4, 0.5) is 0 Å². The van der Waals surface area contributed by atoms with Crippen LogP contribution in [0.2, 0.25) is 0 Å². The molecule has 0 atom stereocenters. The highest BCUT2D eigenvalue weighted by Gasteiger charge is 1.94. The Labute approximate surface area is 131 Å². The molecule has 0 bridgehead atoms. The molecule has 0 spiro atoms. The first-order valence-electron chi connectivity index (χ1n) is 7.34. The van der Waals surface area contributed by atoms with E-state index >= 15 is 0 Å². The minimum Gasteiger partial charge on any atom is -0.377 e. The summed E-state index contributed by atoms with van der Waals surface area (Å²) in [5, 5.41) is 2.64. The summed E-state index contributed by atoms with van der Waals surface area (Å²) in [4.78, 5) is 20.5. The maximum absolute atomic E-state index is 10.6. The number of carbonyl (C=O) groups excluding carboxylic acids is 2. The third kappa shape index (κ3) is 18.9. The van der Waals surface area contributed by atoms with E-state index in [4.69, 9.17) is 23.7 Å². The smallest absolute Gasteiger partial charge is 0.216 e. The standard InChI is InChI=1S/C14H27NO7/c1-14(17)15-2-4-18-6-8-20-10-12-22-13-11-21-9-7-19-5-3-16/h3H,2,4-13H2,1H3,(H,15,17). The number of amides is 1. The van der Waals surface area contributed by atoms with Gasteiger partial charge < -0.3 is 33.8 Å². The molecule has 0 aromatic carbocycles. The Morgan fingerprint density at radius 3 is 1.59 bits per heavy atom. The molecule has 1 amide bonds. The van der Waals surface area contributed by atoms with Crippen molar-refractivity contribution in [3.8, 4) is 0 Å². The molecule has 0 heterocycles. The van der Waals surface area contributed by atoms with Gasteiger partial charge >= 0.3 is 0 Å². The van der Waals surface area contributed by atoms with Crippen molar-refractivity contribution in [1.29, 1.82) is 0 Å². The molecule has 130 valence electrons. The van der Waals surface area contributed by atoms with Crippen LogP contribution in [-0.2, 0) is 33.3 Å². The Morgan fingerprint density at radius 2 is 1.18 bits per heavy atom. The summed E-state index contributed by atoms with van der Waals surface area (Å²) in [5.74, 6) is -0.0607. The van der Waals surface area contributed by atoms with Crippen LogP contribution >= 0.6 is 0 Å². The number of aldehydes is 1. The highest BCUT2D eigenvalue weighted by Crippen LogP contribution is 1.83. The van der Waals surface area contributed by atoms with E-state index in [2.05, 4.69) is 5.32 Å². The van der Waals surface area contributed by atoms with Crippen molar-refractivity contribution in [1.82, 2.24) is 5.32 Å². The highest BCUT2D eigenvalue weighted by molar-refractivity contribution is 5.72. The minimum absolute atomic E-state index is 0.0607. The van der Waals surface area contributed by atoms with Crippen molar-refractivity contribution in [2.45, 2.75) is 6.92 Å². The minimum atomic E-state index is -0.0607. The molecule has 0 aromatic rings. The van der Waals surface area contributed by atoms with E-state index in [1.807, 2.05) is 0 Å². The molecule has 8 heteroatoms.